The minimum absolute atomic E-state index is 0.152. The highest BCUT2D eigenvalue weighted by molar-refractivity contribution is 5.83. The molecule has 0 radical (unpaired) electrons. The highest BCUT2D eigenvalue weighted by Gasteiger charge is 2.54. The normalized spacial score (nSPS) is 35.4. The van der Waals surface area contributed by atoms with Crippen molar-refractivity contribution in [2.75, 3.05) is 0 Å². The summed E-state index contributed by atoms with van der Waals surface area (Å²) in [5.74, 6) is -0.189. The van der Waals surface area contributed by atoms with E-state index in [1.54, 1.807) is 0 Å². The van der Waals surface area contributed by atoms with Crippen molar-refractivity contribution in [2.45, 2.75) is 49.9 Å². The second-order valence-corrected chi connectivity index (χ2v) is 6.49. The molecule has 1 amide bonds. The lowest BCUT2D eigenvalue weighted by molar-refractivity contribution is -0.151. The van der Waals surface area contributed by atoms with E-state index >= 15 is 0 Å². The van der Waals surface area contributed by atoms with Crippen LogP contribution >= 0.6 is 0 Å². The standard InChI is InChI=1S/C17H19NO4/c19-16(12-7-8-13(22-12)17(20)21)18-15-11-6-5-9-3-1-2-4-10(9)14(11)15/h1-4,11-15H,5-8H2,(H,18,19)(H,20,21)/t11?,12-,13+,14?,15?/m0/s1. The predicted octanol–water partition coefficient (Wildman–Crippen LogP) is 1.46. The van der Waals surface area contributed by atoms with E-state index < -0.39 is 18.2 Å². The molecule has 22 heavy (non-hydrogen) atoms. The Morgan fingerprint density at radius 2 is 1.91 bits per heavy atom. The topological polar surface area (TPSA) is 75.6 Å². The lowest BCUT2D eigenvalue weighted by Gasteiger charge is -2.13. The van der Waals surface area contributed by atoms with E-state index in [0.717, 1.165) is 12.8 Å². The highest BCUT2D eigenvalue weighted by Crippen LogP contribution is 2.54. The number of benzene rings is 1. The summed E-state index contributed by atoms with van der Waals surface area (Å²) in [5, 5.41) is 12.0. The molecule has 1 saturated carbocycles. The Labute approximate surface area is 128 Å². The van der Waals surface area contributed by atoms with Crippen LogP contribution in [-0.4, -0.2) is 35.2 Å². The zero-order valence-electron chi connectivity index (χ0n) is 12.2. The average Bonchev–Trinajstić information content (AvgIpc) is 2.98. The van der Waals surface area contributed by atoms with Crippen LogP contribution in [0.4, 0.5) is 0 Å². The summed E-state index contributed by atoms with van der Waals surface area (Å²) in [6, 6.07) is 8.62. The maximum atomic E-state index is 12.3. The first-order chi connectivity index (χ1) is 10.6. The van der Waals surface area contributed by atoms with E-state index in [-0.39, 0.29) is 11.9 Å². The van der Waals surface area contributed by atoms with E-state index in [0.29, 0.717) is 24.7 Å². The van der Waals surface area contributed by atoms with Crippen LogP contribution in [0.2, 0.25) is 0 Å². The molecule has 2 fully saturated rings. The summed E-state index contributed by atoms with van der Waals surface area (Å²) in [7, 11) is 0. The van der Waals surface area contributed by atoms with Gasteiger partial charge in [-0.1, -0.05) is 24.3 Å². The molecule has 1 aromatic carbocycles. The molecular weight excluding hydrogens is 282 g/mol. The largest absolute Gasteiger partial charge is 0.479 e. The van der Waals surface area contributed by atoms with Crippen LogP contribution in [-0.2, 0) is 20.7 Å². The van der Waals surface area contributed by atoms with Gasteiger partial charge in [0.25, 0.3) is 0 Å². The number of carbonyl (C=O) groups excluding carboxylic acids is 1. The predicted molar refractivity (Wildman–Crippen MR) is 78.5 cm³/mol. The molecule has 2 aliphatic carbocycles. The highest BCUT2D eigenvalue weighted by atomic mass is 16.5. The zero-order valence-corrected chi connectivity index (χ0v) is 12.2. The van der Waals surface area contributed by atoms with Crippen LogP contribution in [0, 0.1) is 5.92 Å². The van der Waals surface area contributed by atoms with Crippen molar-refractivity contribution >= 4 is 11.9 Å². The maximum Gasteiger partial charge on any atom is 0.332 e. The molecule has 5 nitrogen and oxygen atoms in total. The van der Waals surface area contributed by atoms with E-state index in [4.69, 9.17) is 9.84 Å². The third-order valence-electron chi connectivity index (χ3n) is 5.23. The molecule has 4 rings (SSSR count). The first-order valence-corrected chi connectivity index (χ1v) is 7.91. The van der Waals surface area contributed by atoms with Gasteiger partial charge in [-0.05, 0) is 42.7 Å². The van der Waals surface area contributed by atoms with Crippen molar-refractivity contribution in [3.05, 3.63) is 35.4 Å². The molecule has 1 saturated heterocycles. The molecule has 0 aromatic heterocycles. The van der Waals surface area contributed by atoms with Crippen LogP contribution in [0.3, 0.4) is 0 Å². The quantitative estimate of drug-likeness (QED) is 0.886. The van der Waals surface area contributed by atoms with Crippen molar-refractivity contribution in [3.63, 3.8) is 0 Å². The Morgan fingerprint density at radius 1 is 1.14 bits per heavy atom. The molecule has 2 N–H and O–H groups in total. The van der Waals surface area contributed by atoms with E-state index in [1.807, 2.05) is 0 Å². The molecular formula is C17H19NO4. The minimum Gasteiger partial charge on any atom is -0.479 e. The summed E-state index contributed by atoms with van der Waals surface area (Å²) < 4.78 is 5.32. The SMILES string of the molecule is O=C(NC1C2CCc3ccccc3C21)[C@@H]1CC[C@H](C(=O)O)O1. The fourth-order valence-corrected chi connectivity index (χ4v) is 4.03. The van der Waals surface area contributed by atoms with Crippen LogP contribution in [0.15, 0.2) is 24.3 Å². The molecule has 0 bridgehead atoms. The fourth-order valence-electron chi connectivity index (χ4n) is 4.03. The van der Waals surface area contributed by atoms with Crippen LogP contribution in [0.5, 0.6) is 0 Å². The van der Waals surface area contributed by atoms with Crippen molar-refractivity contribution < 1.29 is 19.4 Å². The summed E-state index contributed by atoms with van der Waals surface area (Å²) in [4.78, 5) is 23.2. The number of fused-ring (bicyclic) bond motifs is 3. The van der Waals surface area contributed by atoms with Gasteiger partial charge in [0.1, 0.15) is 6.10 Å². The number of carbonyl (C=O) groups is 2. The monoisotopic (exact) mass is 301 g/mol. The number of amides is 1. The fraction of sp³-hybridized carbons (Fsp3) is 0.529. The lowest BCUT2D eigenvalue weighted by Crippen LogP contribution is -2.37. The van der Waals surface area contributed by atoms with Crippen molar-refractivity contribution in [3.8, 4) is 0 Å². The summed E-state index contributed by atoms with van der Waals surface area (Å²) >= 11 is 0. The van der Waals surface area contributed by atoms with Gasteiger partial charge in [-0.15, -0.1) is 0 Å². The number of carboxylic acids is 1. The summed E-state index contributed by atoms with van der Waals surface area (Å²) in [6.45, 7) is 0. The molecule has 116 valence electrons. The number of aryl methyl sites for hydroxylation is 1. The molecule has 3 aliphatic rings. The number of ether oxygens (including phenoxy) is 1. The van der Waals surface area contributed by atoms with Gasteiger partial charge in [0.05, 0.1) is 0 Å². The molecule has 5 heteroatoms. The molecule has 1 aromatic rings. The smallest absolute Gasteiger partial charge is 0.332 e. The Balaban J connectivity index is 1.40. The molecule has 3 unspecified atom stereocenters. The molecule has 1 heterocycles. The first-order valence-electron chi connectivity index (χ1n) is 7.91. The van der Waals surface area contributed by atoms with Gasteiger partial charge in [0.2, 0.25) is 5.91 Å². The maximum absolute atomic E-state index is 12.3. The van der Waals surface area contributed by atoms with Gasteiger partial charge in [0, 0.05) is 12.0 Å². The summed E-state index contributed by atoms with van der Waals surface area (Å²) in [6.07, 6.45) is 1.63. The van der Waals surface area contributed by atoms with Crippen molar-refractivity contribution in [2.24, 2.45) is 5.92 Å². The Kier molecular flexibility index (Phi) is 3.18. The third-order valence-corrected chi connectivity index (χ3v) is 5.23. The van der Waals surface area contributed by atoms with E-state index in [2.05, 4.69) is 29.6 Å². The Hall–Kier alpha value is -1.88. The lowest BCUT2D eigenvalue weighted by atomic mass is 9.92. The Bertz CT molecular complexity index is 629. The van der Waals surface area contributed by atoms with E-state index in [9.17, 15) is 9.59 Å². The molecule has 0 spiro atoms. The van der Waals surface area contributed by atoms with Gasteiger partial charge in [0.15, 0.2) is 6.10 Å². The second-order valence-electron chi connectivity index (χ2n) is 6.49. The third kappa shape index (κ3) is 2.20. The number of nitrogens with one attached hydrogen (secondary N) is 1. The second kappa shape index (κ2) is 5.09. The zero-order chi connectivity index (χ0) is 15.3. The van der Waals surface area contributed by atoms with Crippen LogP contribution in [0.25, 0.3) is 0 Å². The molecule has 1 aliphatic heterocycles. The number of hydrogen-bond donors (Lipinski definition) is 2. The van der Waals surface area contributed by atoms with Crippen molar-refractivity contribution in [1.29, 1.82) is 0 Å². The number of aliphatic carboxylic acids is 1. The average molecular weight is 301 g/mol. The molecule has 5 atom stereocenters. The minimum atomic E-state index is -0.982. The number of rotatable bonds is 3. The van der Waals surface area contributed by atoms with Crippen molar-refractivity contribution in [1.82, 2.24) is 5.32 Å². The van der Waals surface area contributed by atoms with Crippen LogP contribution < -0.4 is 5.32 Å². The summed E-state index contributed by atoms with van der Waals surface area (Å²) in [5.41, 5.74) is 2.75. The van der Waals surface area contributed by atoms with E-state index in [1.165, 1.54) is 11.1 Å². The number of carboxylic acid groups (broad SMARTS) is 1. The number of hydrogen-bond acceptors (Lipinski definition) is 3. The van der Waals surface area contributed by atoms with Gasteiger partial charge < -0.3 is 15.2 Å². The van der Waals surface area contributed by atoms with Crippen LogP contribution in [0.1, 0.15) is 36.3 Å². The Morgan fingerprint density at radius 3 is 2.68 bits per heavy atom. The van der Waals surface area contributed by atoms with Gasteiger partial charge >= 0.3 is 5.97 Å². The van der Waals surface area contributed by atoms with Gasteiger partial charge in [-0.2, -0.15) is 0 Å². The first kappa shape index (κ1) is 13.8. The van der Waals surface area contributed by atoms with Gasteiger partial charge in [-0.3, -0.25) is 4.79 Å². The van der Waals surface area contributed by atoms with Gasteiger partial charge in [-0.25, -0.2) is 4.79 Å².